The number of nitrogens with zero attached hydrogens (tertiary/aromatic N) is 1. The molecular weight excluding hydrogens is 456 g/mol. The number of carboxylic acid groups (broad SMARTS) is 1. The van der Waals surface area contributed by atoms with Gasteiger partial charge in [-0.2, -0.15) is 0 Å². The Bertz CT molecular complexity index is 1330. The highest BCUT2D eigenvalue weighted by Gasteiger charge is 2.20. The summed E-state index contributed by atoms with van der Waals surface area (Å²) in [6.45, 7) is 3.79. The van der Waals surface area contributed by atoms with E-state index in [1.165, 1.54) is 6.92 Å². The van der Waals surface area contributed by atoms with Crippen molar-refractivity contribution in [3.05, 3.63) is 101 Å². The Morgan fingerprint density at radius 3 is 2.39 bits per heavy atom. The number of carbonyl (C=O) groups is 2. The van der Waals surface area contributed by atoms with Gasteiger partial charge in [0.05, 0.1) is 12.3 Å². The van der Waals surface area contributed by atoms with Crippen molar-refractivity contribution in [2.75, 3.05) is 11.9 Å². The molecule has 7 nitrogen and oxygen atoms in total. The molecule has 1 atom stereocenters. The maximum absolute atomic E-state index is 11.9. The largest absolute Gasteiger partial charge is 0.493 e. The molecule has 0 spiro atoms. The summed E-state index contributed by atoms with van der Waals surface area (Å²) in [6, 6.07) is 23.1. The predicted octanol–water partition coefficient (Wildman–Crippen LogP) is 5.58. The molecular formula is C29H28N2O5. The molecule has 184 valence electrons. The van der Waals surface area contributed by atoms with E-state index in [2.05, 4.69) is 10.3 Å². The quantitative estimate of drug-likeness (QED) is 0.268. The van der Waals surface area contributed by atoms with Crippen LogP contribution in [0.2, 0.25) is 0 Å². The lowest BCUT2D eigenvalue weighted by Crippen LogP contribution is -2.32. The van der Waals surface area contributed by atoms with Crippen molar-refractivity contribution < 1.29 is 23.8 Å². The fourth-order valence-corrected chi connectivity index (χ4v) is 3.89. The third-order valence-electron chi connectivity index (χ3n) is 5.82. The van der Waals surface area contributed by atoms with Crippen molar-refractivity contribution in [3.8, 4) is 17.2 Å². The lowest BCUT2D eigenvalue weighted by atomic mass is 10.0. The van der Waals surface area contributed by atoms with E-state index in [1.54, 1.807) is 24.3 Å². The smallest absolute Gasteiger partial charge is 0.326 e. The number of carboxylic acids is 1. The first-order valence-corrected chi connectivity index (χ1v) is 11.7. The van der Waals surface area contributed by atoms with Crippen molar-refractivity contribution in [1.82, 2.24) is 4.98 Å². The molecule has 0 aliphatic carbocycles. The van der Waals surface area contributed by atoms with Gasteiger partial charge in [-0.25, -0.2) is 9.78 Å². The van der Waals surface area contributed by atoms with E-state index < -0.39 is 12.0 Å². The number of aromatic nitrogens is 1. The number of ether oxygens (including phenoxy) is 1. The lowest BCUT2D eigenvalue weighted by molar-refractivity contribution is -0.137. The van der Waals surface area contributed by atoms with Gasteiger partial charge in [0.1, 0.15) is 17.6 Å². The van der Waals surface area contributed by atoms with Gasteiger partial charge in [-0.3, -0.25) is 4.79 Å². The number of anilines is 1. The fourth-order valence-electron chi connectivity index (χ4n) is 3.89. The topological polar surface area (TPSA) is 102 Å². The second-order valence-electron chi connectivity index (χ2n) is 8.47. The summed E-state index contributed by atoms with van der Waals surface area (Å²) in [4.78, 5) is 28.3. The zero-order chi connectivity index (χ0) is 25.5. The first kappa shape index (κ1) is 24.7. The molecule has 3 aromatic carbocycles. The van der Waals surface area contributed by atoms with E-state index in [0.717, 1.165) is 22.6 Å². The van der Waals surface area contributed by atoms with Crippen LogP contribution in [0.5, 0.6) is 5.75 Å². The summed E-state index contributed by atoms with van der Waals surface area (Å²) < 4.78 is 11.7. The minimum Gasteiger partial charge on any atom is -0.493 e. The summed E-state index contributed by atoms with van der Waals surface area (Å²) in [7, 11) is 0. The summed E-state index contributed by atoms with van der Waals surface area (Å²) in [5.41, 5.74) is 3.60. The Kier molecular flexibility index (Phi) is 7.80. The Hall–Kier alpha value is -4.39. The van der Waals surface area contributed by atoms with E-state index in [0.29, 0.717) is 35.9 Å². The Labute approximate surface area is 209 Å². The van der Waals surface area contributed by atoms with E-state index in [1.807, 2.05) is 61.5 Å². The first-order chi connectivity index (χ1) is 17.4. The number of para-hydroxylation sites is 1. The van der Waals surface area contributed by atoms with Crippen LogP contribution in [0.1, 0.15) is 34.3 Å². The van der Waals surface area contributed by atoms with Crippen LogP contribution in [0.15, 0.2) is 83.3 Å². The lowest BCUT2D eigenvalue weighted by Gasteiger charge is -2.18. The molecule has 1 heterocycles. The van der Waals surface area contributed by atoms with Crippen LogP contribution >= 0.6 is 0 Å². The number of Topliss-reactive ketones (excluding diaryl/α,β-unsaturated/α-hetero) is 1. The molecule has 2 N–H and O–H groups in total. The highest BCUT2D eigenvalue weighted by Crippen LogP contribution is 2.23. The predicted molar refractivity (Wildman–Crippen MR) is 138 cm³/mol. The third kappa shape index (κ3) is 6.18. The number of oxazole rings is 1. The van der Waals surface area contributed by atoms with Crippen molar-refractivity contribution in [2.45, 2.75) is 32.7 Å². The number of nitrogens with one attached hydrogen (secondary N) is 1. The average Bonchev–Trinajstić information content (AvgIpc) is 3.25. The van der Waals surface area contributed by atoms with Gasteiger partial charge < -0.3 is 19.6 Å². The molecule has 0 radical (unpaired) electrons. The standard InChI is InChI=1S/C29H28N2O5/c1-19(32)24-10-6-7-11-26(24)30-27(29(33)34)18-21-12-14-23(15-13-21)35-17-16-25-20(2)36-28(31-25)22-8-4-3-5-9-22/h3-15,27,30H,16-18H2,1-2H3,(H,33,34)/t27-/m0/s1. The van der Waals surface area contributed by atoms with Gasteiger partial charge in [0.15, 0.2) is 5.78 Å². The number of rotatable bonds is 11. The minimum absolute atomic E-state index is 0.124. The van der Waals surface area contributed by atoms with Crippen molar-refractivity contribution in [2.24, 2.45) is 0 Å². The summed E-state index contributed by atoms with van der Waals surface area (Å²) in [5, 5.41) is 12.7. The van der Waals surface area contributed by atoms with Crippen LogP contribution in [0.4, 0.5) is 5.69 Å². The van der Waals surface area contributed by atoms with Crippen molar-refractivity contribution in [1.29, 1.82) is 0 Å². The normalized spacial score (nSPS) is 11.6. The molecule has 4 rings (SSSR count). The highest BCUT2D eigenvalue weighted by molar-refractivity contribution is 6.00. The monoisotopic (exact) mass is 484 g/mol. The molecule has 7 heteroatoms. The molecule has 0 bridgehead atoms. The van der Waals surface area contributed by atoms with Crippen LogP contribution < -0.4 is 10.1 Å². The SMILES string of the molecule is CC(=O)c1ccccc1N[C@@H](Cc1ccc(OCCc2nc(-c3ccccc3)oc2C)cc1)C(=O)O. The Morgan fingerprint density at radius 1 is 1.00 bits per heavy atom. The Morgan fingerprint density at radius 2 is 1.69 bits per heavy atom. The number of ketones is 1. The van der Waals surface area contributed by atoms with Gasteiger partial charge in [0.2, 0.25) is 5.89 Å². The van der Waals surface area contributed by atoms with Crippen LogP contribution in [-0.4, -0.2) is 34.5 Å². The number of aryl methyl sites for hydroxylation is 1. The molecule has 1 aromatic heterocycles. The highest BCUT2D eigenvalue weighted by atomic mass is 16.5. The molecule has 0 saturated heterocycles. The van der Waals surface area contributed by atoms with E-state index >= 15 is 0 Å². The number of hydrogen-bond acceptors (Lipinski definition) is 6. The van der Waals surface area contributed by atoms with Crippen LogP contribution in [0, 0.1) is 6.92 Å². The summed E-state index contributed by atoms with van der Waals surface area (Å²) in [6.07, 6.45) is 0.854. The van der Waals surface area contributed by atoms with Gasteiger partial charge in [0.25, 0.3) is 0 Å². The van der Waals surface area contributed by atoms with Gasteiger partial charge in [-0.15, -0.1) is 0 Å². The number of benzene rings is 3. The number of aliphatic carboxylic acids is 1. The van der Waals surface area contributed by atoms with E-state index in [-0.39, 0.29) is 12.2 Å². The molecule has 36 heavy (non-hydrogen) atoms. The van der Waals surface area contributed by atoms with Crippen molar-refractivity contribution >= 4 is 17.4 Å². The molecule has 0 fully saturated rings. The van der Waals surface area contributed by atoms with Crippen LogP contribution in [0.25, 0.3) is 11.5 Å². The van der Waals surface area contributed by atoms with Crippen LogP contribution in [-0.2, 0) is 17.6 Å². The molecule has 0 aliphatic rings. The summed E-state index contributed by atoms with van der Waals surface area (Å²) in [5.74, 6) is 0.934. The zero-order valence-electron chi connectivity index (χ0n) is 20.2. The molecule has 4 aromatic rings. The van der Waals surface area contributed by atoms with Gasteiger partial charge in [-0.05, 0) is 55.8 Å². The second kappa shape index (κ2) is 11.4. The molecule has 0 unspecified atom stereocenters. The molecule has 0 saturated carbocycles. The average molecular weight is 485 g/mol. The van der Waals surface area contributed by atoms with E-state index in [9.17, 15) is 14.7 Å². The van der Waals surface area contributed by atoms with E-state index in [4.69, 9.17) is 9.15 Å². The minimum atomic E-state index is -0.994. The maximum Gasteiger partial charge on any atom is 0.326 e. The maximum atomic E-state index is 11.9. The molecule has 0 amide bonds. The van der Waals surface area contributed by atoms with Crippen molar-refractivity contribution in [3.63, 3.8) is 0 Å². The Balaban J connectivity index is 1.34. The fraction of sp³-hybridized carbons (Fsp3) is 0.207. The summed E-state index contributed by atoms with van der Waals surface area (Å²) >= 11 is 0. The molecule has 0 aliphatic heterocycles. The van der Waals surface area contributed by atoms with Gasteiger partial charge in [-0.1, -0.05) is 42.5 Å². The van der Waals surface area contributed by atoms with Crippen LogP contribution in [0.3, 0.4) is 0 Å². The third-order valence-corrected chi connectivity index (χ3v) is 5.82. The van der Waals surface area contributed by atoms with Gasteiger partial charge >= 0.3 is 5.97 Å². The zero-order valence-corrected chi connectivity index (χ0v) is 20.2. The second-order valence-corrected chi connectivity index (χ2v) is 8.47. The van der Waals surface area contributed by atoms with Gasteiger partial charge in [0, 0.05) is 29.7 Å². The first-order valence-electron chi connectivity index (χ1n) is 11.7. The number of carbonyl (C=O) groups excluding carboxylic acids is 1. The number of hydrogen-bond donors (Lipinski definition) is 2.